The zero-order valence-corrected chi connectivity index (χ0v) is 33.1. The molecule has 3 atom stereocenters. The van der Waals surface area contributed by atoms with Gasteiger partial charge in [-0.2, -0.15) is 0 Å². The van der Waals surface area contributed by atoms with E-state index in [1.807, 2.05) is 0 Å². The molecule has 0 spiro atoms. The van der Waals surface area contributed by atoms with Crippen molar-refractivity contribution in [1.29, 1.82) is 0 Å². The van der Waals surface area contributed by atoms with Gasteiger partial charge in [0.15, 0.2) is 8.32 Å². The van der Waals surface area contributed by atoms with Crippen molar-refractivity contribution < 1.29 is 8.85 Å². The predicted octanol–water partition coefficient (Wildman–Crippen LogP) is 10.9. The van der Waals surface area contributed by atoms with Crippen LogP contribution in [0.1, 0.15) is 74.1 Å². The van der Waals surface area contributed by atoms with Crippen molar-refractivity contribution in [1.82, 2.24) is 0 Å². The summed E-state index contributed by atoms with van der Waals surface area (Å²) in [5.41, 5.74) is 1.74. The Balaban J connectivity index is 1.72. The molecule has 5 heteroatoms. The van der Waals surface area contributed by atoms with E-state index in [-0.39, 0.29) is 10.5 Å². The summed E-state index contributed by atoms with van der Waals surface area (Å²) in [5, 5.41) is 4.59. The van der Waals surface area contributed by atoms with E-state index in [0.717, 1.165) is 25.4 Å². The van der Waals surface area contributed by atoms with Gasteiger partial charge in [0, 0.05) is 12.0 Å². The molecule has 3 aromatic rings. The van der Waals surface area contributed by atoms with Crippen LogP contribution in [0.4, 0.5) is 0 Å². The lowest BCUT2D eigenvalue weighted by Crippen LogP contribution is -2.49. The molecule has 46 heavy (non-hydrogen) atoms. The molecular formula is C41H60O2PSi2+. The van der Waals surface area contributed by atoms with Crippen LogP contribution in [0.25, 0.3) is 0 Å². The second kappa shape index (κ2) is 13.9. The van der Waals surface area contributed by atoms with Gasteiger partial charge >= 0.3 is 0 Å². The Morgan fingerprint density at radius 1 is 0.739 bits per heavy atom. The van der Waals surface area contributed by atoms with Gasteiger partial charge in [0.2, 0.25) is 8.32 Å². The Labute approximate surface area is 284 Å². The van der Waals surface area contributed by atoms with E-state index in [2.05, 4.69) is 153 Å². The van der Waals surface area contributed by atoms with E-state index in [0.29, 0.717) is 12.0 Å². The highest BCUT2D eigenvalue weighted by atomic mass is 31.2. The third-order valence-electron chi connectivity index (χ3n) is 12.4. The summed E-state index contributed by atoms with van der Waals surface area (Å²) in [6.07, 6.45) is 5.87. The molecule has 0 N–H and O–H groups in total. The molecule has 0 aromatic heterocycles. The van der Waals surface area contributed by atoms with E-state index in [1.165, 1.54) is 46.2 Å². The zero-order chi connectivity index (χ0) is 33.2. The SMILES string of the molecule is CC[Si](CC)(CC)OC1=C(C[P+](c2ccccc2)(c2ccccc2)c2ccccc2)[C@@H]2CC[C@H](O[Si](C)(C)C(C)(C)C)[C@@]2(C)CC1. The van der Waals surface area contributed by atoms with Crippen molar-refractivity contribution in [2.75, 3.05) is 6.16 Å². The van der Waals surface area contributed by atoms with Gasteiger partial charge in [-0.05, 0) is 103 Å². The first-order valence-corrected chi connectivity index (χ1v) is 25.4. The third kappa shape index (κ3) is 6.54. The summed E-state index contributed by atoms with van der Waals surface area (Å²) in [5.74, 6) is 1.83. The van der Waals surface area contributed by atoms with Gasteiger partial charge in [-0.15, -0.1) is 0 Å². The van der Waals surface area contributed by atoms with Crippen LogP contribution >= 0.6 is 7.26 Å². The molecule has 248 valence electrons. The van der Waals surface area contributed by atoms with Crippen molar-refractivity contribution in [3.63, 3.8) is 0 Å². The van der Waals surface area contributed by atoms with E-state index < -0.39 is 23.9 Å². The fourth-order valence-electron chi connectivity index (χ4n) is 8.14. The van der Waals surface area contributed by atoms with Crippen molar-refractivity contribution in [3.05, 3.63) is 102 Å². The quantitative estimate of drug-likeness (QED) is 0.141. The highest BCUT2D eigenvalue weighted by Crippen LogP contribution is 2.63. The third-order valence-corrected chi connectivity index (χ3v) is 25.8. The molecule has 0 radical (unpaired) electrons. The monoisotopic (exact) mass is 671 g/mol. The fraction of sp³-hybridized carbons (Fsp3) is 0.512. The average Bonchev–Trinajstić information content (AvgIpc) is 3.39. The highest BCUT2D eigenvalue weighted by molar-refractivity contribution is 7.95. The normalized spacial score (nSPS) is 22.5. The molecule has 1 fully saturated rings. The minimum absolute atomic E-state index is 0.117. The molecule has 2 aliphatic carbocycles. The van der Waals surface area contributed by atoms with E-state index in [1.54, 1.807) is 5.57 Å². The highest BCUT2D eigenvalue weighted by Gasteiger charge is 2.57. The second-order valence-electron chi connectivity index (χ2n) is 15.8. The molecule has 5 rings (SSSR count). The average molecular weight is 672 g/mol. The molecular weight excluding hydrogens is 612 g/mol. The van der Waals surface area contributed by atoms with Gasteiger partial charge in [0.1, 0.15) is 23.2 Å². The summed E-state index contributed by atoms with van der Waals surface area (Å²) < 4.78 is 14.9. The Hall–Kier alpha value is -1.98. The van der Waals surface area contributed by atoms with Crippen LogP contribution in [0.15, 0.2) is 102 Å². The lowest BCUT2D eigenvalue weighted by atomic mass is 9.68. The summed E-state index contributed by atoms with van der Waals surface area (Å²) in [4.78, 5) is 0. The first kappa shape index (κ1) is 35.3. The smallest absolute Gasteiger partial charge is 0.250 e. The molecule has 0 amide bonds. The summed E-state index contributed by atoms with van der Waals surface area (Å²) in [6, 6.07) is 37.9. The Morgan fingerprint density at radius 3 is 1.61 bits per heavy atom. The topological polar surface area (TPSA) is 18.5 Å². The van der Waals surface area contributed by atoms with E-state index in [4.69, 9.17) is 8.85 Å². The largest absolute Gasteiger partial charge is 0.546 e. The van der Waals surface area contributed by atoms with E-state index >= 15 is 0 Å². The molecule has 0 bridgehead atoms. The molecule has 1 saturated carbocycles. The molecule has 0 unspecified atom stereocenters. The van der Waals surface area contributed by atoms with Crippen LogP contribution in [0.5, 0.6) is 0 Å². The van der Waals surface area contributed by atoms with Gasteiger partial charge < -0.3 is 8.85 Å². The van der Waals surface area contributed by atoms with Crippen LogP contribution < -0.4 is 15.9 Å². The van der Waals surface area contributed by atoms with Gasteiger partial charge in [0.05, 0.1) is 18.0 Å². The first-order valence-electron chi connectivity index (χ1n) is 18.0. The number of fused-ring (bicyclic) bond motifs is 1. The summed E-state index contributed by atoms with van der Waals surface area (Å²) in [7, 11) is -5.88. The molecule has 0 heterocycles. The number of benzene rings is 3. The zero-order valence-electron chi connectivity index (χ0n) is 30.2. The van der Waals surface area contributed by atoms with Crippen LogP contribution in [-0.4, -0.2) is 28.9 Å². The Kier molecular flexibility index (Phi) is 10.7. The molecule has 0 saturated heterocycles. The van der Waals surface area contributed by atoms with Gasteiger partial charge in [-0.3, -0.25) is 0 Å². The van der Waals surface area contributed by atoms with Gasteiger partial charge in [-0.25, -0.2) is 0 Å². The maximum absolute atomic E-state index is 7.54. The minimum atomic E-state index is -2.07. The number of hydrogen-bond acceptors (Lipinski definition) is 2. The predicted molar refractivity (Wildman–Crippen MR) is 207 cm³/mol. The maximum Gasteiger partial charge on any atom is 0.250 e. The molecule has 2 nitrogen and oxygen atoms in total. The lowest BCUT2D eigenvalue weighted by molar-refractivity contribution is 0.0402. The second-order valence-corrected chi connectivity index (χ2v) is 28.7. The maximum atomic E-state index is 7.54. The van der Waals surface area contributed by atoms with Crippen LogP contribution in [0.3, 0.4) is 0 Å². The summed E-state index contributed by atoms with van der Waals surface area (Å²) in [6.45, 7) is 21.7. The Morgan fingerprint density at radius 2 is 1.20 bits per heavy atom. The van der Waals surface area contributed by atoms with Crippen molar-refractivity contribution in [2.24, 2.45) is 11.3 Å². The van der Waals surface area contributed by atoms with E-state index in [9.17, 15) is 0 Å². The molecule has 2 aliphatic rings. The molecule has 0 aliphatic heterocycles. The van der Waals surface area contributed by atoms with Gasteiger partial charge in [-0.1, -0.05) is 103 Å². The van der Waals surface area contributed by atoms with Crippen molar-refractivity contribution in [3.8, 4) is 0 Å². The van der Waals surface area contributed by atoms with Crippen LogP contribution in [0.2, 0.25) is 36.3 Å². The number of allylic oxidation sites excluding steroid dienone is 2. The van der Waals surface area contributed by atoms with Crippen molar-refractivity contribution in [2.45, 2.75) is 117 Å². The standard InChI is InChI=1S/C41H60O2PSi2/c1-10-46(11-2,12-3)42-38-30-31-41(7)37(28-29-39(41)43-45(8,9)40(4,5)6)36(38)32-44(33-22-16-13-17-23-33,34-24-18-14-19-25-34)35-26-20-15-21-27-35/h13-27,37,39H,10-12,28-32H2,1-9H3/q+1/t37-,39-,41-/m0/s1. The Bertz CT molecular complexity index is 1360. The summed E-state index contributed by atoms with van der Waals surface area (Å²) >= 11 is 0. The lowest BCUT2D eigenvalue weighted by Gasteiger charge is -2.48. The minimum Gasteiger partial charge on any atom is -0.546 e. The van der Waals surface area contributed by atoms with Crippen molar-refractivity contribution >= 4 is 39.8 Å². The first-order chi connectivity index (χ1) is 21.9. The van der Waals surface area contributed by atoms with Crippen LogP contribution in [-0.2, 0) is 8.85 Å². The van der Waals surface area contributed by atoms with Gasteiger partial charge in [0.25, 0.3) is 0 Å². The molecule has 3 aromatic carbocycles. The number of hydrogen-bond donors (Lipinski definition) is 0. The van der Waals surface area contributed by atoms with Crippen LogP contribution in [0, 0.1) is 11.3 Å². The fourth-order valence-corrected chi connectivity index (χ4v) is 16.7. The number of rotatable bonds is 12.